The number of nitrogens with zero attached hydrogens (tertiary/aromatic N) is 2. The van der Waals surface area contributed by atoms with Gasteiger partial charge in [-0.05, 0) is 114 Å². The van der Waals surface area contributed by atoms with E-state index in [-0.39, 0.29) is 12.4 Å². The third-order valence-corrected chi connectivity index (χ3v) is 9.75. The van der Waals surface area contributed by atoms with Gasteiger partial charge in [-0.15, -0.1) is 12.4 Å². The van der Waals surface area contributed by atoms with Crippen molar-refractivity contribution in [2.24, 2.45) is 11.8 Å². The van der Waals surface area contributed by atoms with Gasteiger partial charge in [0.2, 0.25) is 0 Å². The van der Waals surface area contributed by atoms with Crippen LogP contribution >= 0.6 is 35.6 Å². The fraction of sp³-hybridized carbons (Fsp3) is 0.647. The maximum Gasteiger partial charge on any atom is 0.0406 e. The Morgan fingerprint density at radius 2 is 0.872 bits per heavy atom. The van der Waals surface area contributed by atoms with Gasteiger partial charge < -0.3 is 9.80 Å². The van der Waals surface area contributed by atoms with Gasteiger partial charge in [-0.25, -0.2) is 0 Å². The number of hydrogen-bond acceptors (Lipinski definition) is 2. The normalized spacial score (nSPS) is 19.0. The molecule has 5 heteroatoms. The molecular weight excluding hydrogens is 543 g/mol. The molecule has 4 rings (SSSR count). The number of hydrogen-bond donors (Lipinski definition) is 0. The summed E-state index contributed by atoms with van der Waals surface area (Å²) in [4.78, 5) is 4.85. The lowest BCUT2D eigenvalue weighted by Gasteiger charge is -2.51. The van der Waals surface area contributed by atoms with Crippen LogP contribution in [0.25, 0.3) is 0 Å². The zero-order valence-corrected chi connectivity index (χ0v) is 28.0. The summed E-state index contributed by atoms with van der Waals surface area (Å²) in [5.74, 6) is 1.47. The van der Waals surface area contributed by atoms with E-state index in [4.69, 9.17) is 23.2 Å². The first-order valence-corrected chi connectivity index (χ1v) is 15.5. The monoisotopic (exact) mass is 594 g/mol. The van der Waals surface area contributed by atoms with Crippen molar-refractivity contribution in [3.8, 4) is 0 Å². The quantitative estimate of drug-likeness (QED) is 0.270. The molecule has 0 aliphatic heterocycles. The Hall–Kier alpha value is -0.770. The molecular formula is C34H53Cl3N2. The van der Waals surface area contributed by atoms with Crippen LogP contribution in [-0.2, 0) is 10.8 Å². The predicted octanol–water partition coefficient (Wildman–Crippen LogP) is 9.90. The van der Waals surface area contributed by atoms with Crippen LogP contribution in [0.3, 0.4) is 0 Å². The molecule has 220 valence electrons. The second-order valence-corrected chi connectivity index (χ2v) is 14.1. The molecule has 2 aliphatic carbocycles. The Morgan fingerprint density at radius 3 is 1.05 bits per heavy atom. The largest absolute Gasteiger partial charge is 0.306 e. The Labute approximate surface area is 256 Å². The fourth-order valence-electron chi connectivity index (χ4n) is 7.06. The second kappa shape index (κ2) is 14.9. The van der Waals surface area contributed by atoms with E-state index in [0.717, 1.165) is 21.9 Å². The Bertz CT molecular complexity index is 893. The topological polar surface area (TPSA) is 6.48 Å². The predicted molar refractivity (Wildman–Crippen MR) is 175 cm³/mol. The van der Waals surface area contributed by atoms with Crippen molar-refractivity contribution in [1.29, 1.82) is 0 Å². The van der Waals surface area contributed by atoms with E-state index in [1.165, 1.54) is 62.5 Å². The standard InChI is InChI=1S/2C17H26ClN.ClH/c2*1-13(2)12-16(19(3)4)17(10-5-11-17)14-6-8-15(18)9-7-14;/h2*6-9,13,16H,5,10-12H2,1-4H3;1H. The van der Waals surface area contributed by atoms with Gasteiger partial charge in [-0.2, -0.15) is 0 Å². The lowest BCUT2D eigenvalue weighted by atomic mass is 9.58. The number of rotatable bonds is 10. The maximum absolute atomic E-state index is 6.04. The molecule has 2 unspecified atom stereocenters. The van der Waals surface area contributed by atoms with Crippen molar-refractivity contribution in [2.45, 2.75) is 102 Å². The highest BCUT2D eigenvalue weighted by molar-refractivity contribution is 6.30. The van der Waals surface area contributed by atoms with Gasteiger partial charge in [0, 0.05) is 33.0 Å². The van der Waals surface area contributed by atoms with Gasteiger partial charge in [0.05, 0.1) is 0 Å². The zero-order valence-electron chi connectivity index (χ0n) is 25.6. The first-order valence-electron chi connectivity index (χ1n) is 14.8. The molecule has 2 fully saturated rings. The van der Waals surface area contributed by atoms with Crippen LogP contribution in [-0.4, -0.2) is 50.1 Å². The molecule has 2 nitrogen and oxygen atoms in total. The number of halogens is 3. The summed E-state index contributed by atoms with van der Waals surface area (Å²) in [6.07, 6.45) is 10.5. The summed E-state index contributed by atoms with van der Waals surface area (Å²) >= 11 is 12.1. The van der Waals surface area contributed by atoms with E-state index in [0.29, 0.717) is 22.9 Å². The highest BCUT2D eigenvalue weighted by Gasteiger charge is 2.47. The highest BCUT2D eigenvalue weighted by Crippen LogP contribution is 2.50. The van der Waals surface area contributed by atoms with Crippen LogP contribution in [0.5, 0.6) is 0 Å². The summed E-state index contributed by atoms with van der Waals surface area (Å²) in [5.41, 5.74) is 3.64. The summed E-state index contributed by atoms with van der Waals surface area (Å²) in [6.45, 7) is 9.30. The van der Waals surface area contributed by atoms with Gasteiger partial charge >= 0.3 is 0 Å². The van der Waals surface area contributed by atoms with E-state index in [1.807, 2.05) is 24.3 Å². The van der Waals surface area contributed by atoms with Crippen molar-refractivity contribution >= 4 is 35.6 Å². The summed E-state index contributed by atoms with van der Waals surface area (Å²) < 4.78 is 0. The minimum Gasteiger partial charge on any atom is -0.306 e. The van der Waals surface area contributed by atoms with Gasteiger partial charge in [0.1, 0.15) is 0 Å². The molecule has 0 bridgehead atoms. The smallest absolute Gasteiger partial charge is 0.0406 e. The molecule has 0 spiro atoms. The van der Waals surface area contributed by atoms with Crippen molar-refractivity contribution < 1.29 is 0 Å². The lowest BCUT2D eigenvalue weighted by molar-refractivity contribution is 0.0808. The van der Waals surface area contributed by atoms with Crippen LogP contribution in [0.4, 0.5) is 0 Å². The van der Waals surface area contributed by atoms with Crippen molar-refractivity contribution in [3.63, 3.8) is 0 Å². The van der Waals surface area contributed by atoms with Crippen molar-refractivity contribution in [1.82, 2.24) is 9.80 Å². The van der Waals surface area contributed by atoms with E-state index in [1.54, 1.807) is 0 Å². The maximum atomic E-state index is 6.04. The van der Waals surface area contributed by atoms with E-state index < -0.39 is 0 Å². The molecule has 0 aromatic heterocycles. The van der Waals surface area contributed by atoms with Crippen LogP contribution in [0.15, 0.2) is 48.5 Å². The van der Waals surface area contributed by atoms with E-state index in [2.05, 4.69) is 90.0 Å². The van der Waals surface area contributed by atoms with Gasteiger partial charge in [-0.1, -0.05) is 88.0 Å². The van der Waals surface area contributed by atoms with Crippen LogP contribution in [0, 0.1) is 11.8 Å². The van der Waals surface area contributed by atoms with Crippen molar-refractivity contribution in [2.75, 3.05) is 28.2 Å². The average molecular weight is 596 g/mol. The van der Waals surface area contributed by atoms with Crippen LogP contribution in [0.1, 0.15) is 90.2 Å². The molecule has 39 heavy (non-hydrogen) atoms. The summed E-state index contributed by atoms with van der Waals surface area (Å²) in [7, 11) is 8.90. The average Bonchev–Trinajstić information content (AvgIpc) is 2.78. The van der Waals surface area contributed by atoms with E-state index >= 15 is 0 Å². The summed E-state index contributed by atoms with van der Waals surface area (Å²) in [5, 5.41) is 1.67. The summed E-state index contributed by atoms with van der Waals surface area (Å²) in [6, 6.07) is 18.4. The van der Waals surface area contributed by atoms with Gasteiger partial charge in [0.15, 0.2) is 0 Å². The number of benzene rings is 2. The Balaban J connectivity index is 0.000000267. The molecule has 2 aliphatic rings. The molecule has 0 saturated heterocycles. The molecule has 0 amide bonds. The van der Waals surface area contributed by atoms with Crippen LogP contribution < -0.4 is 0 Å². The van der Waals surface area contributed by atoms with Gasteiger partial charge in [0.25, 0.3) is 0 Å². The third kappa shape index (κ3) is 8.16. The first-order chi connectivity index (χ1) is 17.9. The lowest BCUT2D eigenvalue weighted by Crippen LogP contribution is -2.52. The number of likely N-dealkylation sites (N-methyl/N-ethyl adjacent to an activating group) is 2. The Morgan fingerprint density at radius 1 is 0.590 bits per heavy atom. The van der Waals surface area contributed by atoms with E-state index in [9.17, 15) is 0 Å². The zero-order chi connectivity index (χ0) is 28.1. The van der Waals surface area contributed by atoms with Crippen molar-refractivity contribution in [3.05, 3.63) is 69.7 Å². The van der Waals surface area contributed by atoms with Crippen LogP contribution in [0.2, 0.25) is 10.0 Å². The Kier molecular flexibility index (Phi) is 13.2. The third-order valence-electron chi connectivity index (χ3n) is 9.24. The molecule has 2 aromatic rings. The second-order valence-electron chi connectivity index (χ2n) is 13.3. The van der Waals surface area contributed by atoms with Gasteiger partial charge in [-0.3, -0.25) is 0 Å². The minimum absolute atomic E-state index is 0. The molecule has 0 N–H and O–H groups in total. The molecule has 0 radical (unpaired) electrons. The minimum atomic E-state index is 0. The molecule has 2 saturated carbocycles. The molecule has 2 atom stereocenters. The molecule has 2 aromatic carbocycles. The highest BCUT2D eigenvalue weighted by atomic mass is 35.5. The fourth-order valence-corrected chi connectivity index (χ4v) is 7.31. The SMILES string of the molecule is CC(C)CC(N(C)C)C1(c2ccc(Cl)cc2)CCC1.CC(C)CC(N(C)C)C1(c2ccc(Cl)cc2)CCC1.Cl. The first kappa shape index (κ1) is 34.4. The molecule has 0 heterocycles.